The fourth-order valence-electron chi connectivity index (χ4n) is 2.63. The Kier molecular flexibility index (Phi) is 5.23. The summed E-state index contributed by atoms with van der Waals surface area (Å²) >= 11 is 1.27. The molecular formula is C20H20N2O3S. The molecule has 6 heteroatoms. The van der Waals surface area contributed by atoms with Gasteiger partial charge < -0.3 is 14.6 Å². The topological polar surface area (TPSA) is 62.6 Å². The van der Waals surface area contributed by atoms with Gasteiger partial charge >= 0.3 is 0 Å². The number of hydrogen-bond acceptors (Lipinski definition) is 4. The van der Waals surface area contributed by atoms with Gasteiger partial charge in [-0.1, -0.05) is 24.3 Å². The molecular weight excluding hydrogens is 348 g/mol. The molecule has 0 saturated carbocycles. The van der Waals surface area contributed by atoms with Crippen LogP contribution in [-0.2, 0) is 6.54 Å². The number of anilines is 1. The summed E-state index contributed by atoms with van der Waals surface area (Å²) < 4.78 is 5.09. The summed E-state index contributed by atoms with van der Waals surface area (Å²) in [7, 11) is 1.79. The van der Waals surface area contributed by atoms with Crippen LogP contribution in [0.15, 0.2) is 53.1 Å². The molecule has 0 unspecified atom stereocenters. The van der Waals surface area contributed by atoms with Crippen molar-refractivity contribution in [2.45, 2.75) is 20.4 Å². The number of aryl methyl sites for hydroxylation is 2. The quantitative estimate of drug-likeness (QED) is 0.722. The minimum Gasteiger partial charge on any atom is -0.459 e. The van der Waals surface area contributed by atoms with Crippen molar-refractivity contribution in [3.63, 3.8) is 0 Å². The standard InChI is InChI=1S/C20H20N2O3S/c1-13-7-4-5-8-15(13)12-22(3)20(24)18-14(2)11-17(26-18)21-19(23)16-9-6-10-25-16/h4-11H,12H2,1-3H3,(H,21,23). The van der Waals surface area contributed by atoms with Gasteiger partial charge in [-0.3, -0.25) is 9.59 Å². The monoisotopic (exact) mass is 368 g/mol. The molecule has 0 atom stereocenters. The number of carbonyl (C=O) groups is 2. The van der Waals surface area contributed by atoms with Crippen molar-refractivity contribution in [3.05, 3.63) is 76.1 Å². The third kappa shape index (κ3) is 3.86. The molecule has 134 valence electrons. The second-order valence-electron chi connectivity index (χ2n) is 6.14. The maximum Gasteiger partial charge on any atom is 0.291 e. The van der Waals surface area contributed by atoms with E-state index in [0.717, 1.165) is 16.7 Å². The maximum absolute atomic E-state index is 12.8. The van der Waals surface area contributed by atoms with Crippen molar-refractivity contribution in [2.75, 3.05) is 12.4 Å². The first-order valence-electron chi connectivity index (χ1n) is 8.21. The SMILES string of the molecule is Cc1ccccc1CN(C)C(=O)c1sc(NC(=O)c2ccco2)cc1C. The second-order valence-corrected chi connectivity index (χ2v) is 7.19. The third-order valence-electron chi connectivity index (χ3n) is 4.11. The maximum atomic E-state index is 12.8. The van der Waals surface area contributed by atoms with Gasteiger partial charge in [0.1, 0.15) is 0 Å². The van der Waals surface area contributed by atoms with E-state index < -0.39 is 0 Å². The number of furan rings is 1. The number of thiophene rings is 1. The Hall–Kier alpha value is -2.86. The van der Waals surface area contributed by atoms with Crippen LogP contribution in [0.4, 0.5) is 5.00 Å². The van der Waals surface area contributed by atoms with Crippen LogP contribution in [0.3, 0.4) is 0 Å². The zero-order chi connectivity index (χ0) is 18.7. The van der Waals surface area contributed by atoms with E-state index in [9.17, 15) is 9.59 Å². The first kappa shape index (κ1) is 17.9. The highest BCUT2D eigenvalue weighted by Gasteiger charge is 2.19. The smallest absolute Gasteiger partial charge is 0.291 e. The highest BCUT2D eigenvalue weighted by molar-refractivity contribution is 7.18. The minimum absolute atomic E-state index is 0.0609. The molecule has 0 spiro atoms. The van der Waals surface area contributed by atoms with Gasteiger partial charge in [-0.15, -0.1) is 11.3 Å². The molecule has 0 radical (unpaired) electrons. The van der Waals surface area contributed by atoms with E-state index in [2.05, 4.69) is 5.32 Å². The molecule has 0 aliphatic rings. The molecule has 0 fully saturated rings. The summed E-state index contributed by atoms with van der Waals surface area (Å²) in [5.41, 5.74) is 3.11. The van der Waals surface area contributed by atoms with Crippen molar-refractivity contribution < 1.29 is 14.0 Å². The molecule has 0 bridgehead atoms. The Morgan fingerprint density at radius 3 is 2.58 bits per heavy atom. The third-order valence-corrected chi connectivity index (χ3v) is 5.25. The predicted molar refractivity (Wildman–Crippen MR) is 103 cm³/mol. The van der Waals surface area contributed by atoms with E-state index in [1.165, 1.54) is 17.6 Å². The lowest BCUT2D eigenvalue weighted by Gasteiger charge is -2.18. The predicted octanol–water partition coefficient (Wildman–Crippen LogP) is 4.48. The zero-order valence-corrected chi connectivity index (χ0v) is 15.7. The second kappa shape index (κ2) is 7.58. The van der Waals surface area contributed by atoms with Crippen LogP contribution in [0.5, 0.6) is 0 Å². The molecule has 1 N–H and O–H groups in total. The lowest BCUT2D eigenvalue weighted by atomic mass is 10.1. The van der Waals surface area contributed by atoms with E-state index in [4.69, 9.17) is 4.42 Å². The van der Waals surface area contributed by atoms with Crippen LogP contribution in [-0.4, -0.2) is 23.8 Å². The van der Waals surface area contributed by atoms with Crippen LogP contribution in [0.25, 0.3) is 0 Å². The van der Waals surface area contributed by atoms with Gasteiger partial charge in [0.2, 0.25) is 0 Å². The Bertz CT molecular complexity index is 928. The molecule has 3 rings (SSSR count). The fraction of sp³-hybridized carbons (Fsp3) is 0.200. The van der Waals surface area contributed by atoms with Crippen molar-refractivity contribution >= 4 is 28.2 Å². The summed E-state index contributed by atoms with van der Waals surface area (Å²) in [4.78, 5) is 27.2. The Morgan fingerprint density at radius 2 is 1.88 bits per heavy atom. The van der Waals surface area contributed by atoms with Crippen molar-refractivity contribution in [2.24, 2.45) is 0 Å². The Morgan fingerprint density at radius 1 is 1.12 bits per heavy atom. The molecule has 2 heterocycles. The lowest BCUT2D eigenvalue weighted by Crippen LogP contribution is -2.26. The van der Waals surface area contributed by atoms with Crippen LogP contribution in [0.1, 0.15) is 36.9 Å². The zero-order valence-electron chi connectivity index (χ0n) is 14.9. The van der Waals surface area contributed by atoms with E-state index in [1.807, 2.05) is 38.1 Å². The molecule has 2 aromatic heterocycles. The van der Waals surface area contributed by atoms with Crippen LogP contribution in [0.2, 0.25) is 0 Å². The Labute approximate surface area is 156 Å². The average molecular weight is 368 g/mol. The number of nitrogens with zero attached hydrogens (tertiary/aromatic N) is 1. The minimum atomic E-state index is -0.330. The molecule has 1 aromatic carbocycles. The van der Waals surface area contributed by atoms with Crippen molar-refractivity contribution in [1.82, 2.24) is 4.90 Å². The van der Waals surface area contributed by atoms with Gasteiger partial charge in [0.25, 0.3) is 11.8 Å². The number of benzene rings is 1. The largest absolute Gasteiger partial charge is 0.459 e. The summed E-state index contributed by atoms with van der Waals surface area (Å²) in [6.45, 7) is 4.44. The van der Waals surface area contributed by atoms with Gasteiger partial charge in [0.05, 0.1) is 16.1 Å². The normalized spacial score (nSPS) is 10.6. The van der Waals surface area contributed by atoms with Gasteiger partial charge in [0.15, 0.2) is 5.76 Å². The Balaban J connectivity index is 1.72. The van der Waals surface area contributed by atoms with E-state index in [1.54, 1.807) is 30.1 Å². The van der Waals surface area contributed by atoms with Crippen LogP contribution >= 0.6 is 11.3 Å². The number of carbonyl (C=O) groups excluding carboxylic acids is 2. The highest BCUT2D eigenvalue weighted by atomic mass is 32.1. The molecule has 2 amide bonds. The van der Waals surface area contributed by atoms with Crippen LogP contribution < -0.4 is 5.32 Å². The molecule has 0 aliphatic heterocycles. The fourth-order valence-corrected chi connectivity index (χ4v) is 3.69. The van der Waals surface area contributed by atoms with Gasteiger partial charge in [-0.2, -0.15) is 0 Å². The molecule has 3 aromatic rings. The first-order chi connectivity index (χ1) is 12.5. The molecule has 0 aliphatic carbocycles. The summed E-state index contributed by atoms with van der Waals surface area (Å²) in [5.74, 6) is -0.154. The van der Waals surface area contributed by atoms with Gasteiger partial charge in [-0.25, -0.2) is 0 Å². The molecule has 0 saturated heterocycles. The first-order valence-corrected chi connectivity index (χ1v) is 9.02. The van der Waals surface area contributed by atoms with E-state index >= 15 is 0 Å². The van der Waals surface area contributed by atoms with Crippen molar-refractivity contribution in [3.8, 4) is 0 Å². The summed E-state index contributed by atoms with van der Waals surface area (Å²) in [5, 5.41) is 3.40. The van der Waals surface area contributed by atoms with E-state index in [-0.39, 0.29) is 17.6 Å². The number of amides is 2. The van der Waals surface area contributed by atoms with Gasteiger partial charge in [0, 0.05) is 13.6 Å². The van der Waals surface area contributed by atoms with E-state index in [0.29, 0.717) is 16.4 Å². The van der Waals surface area contributed by atoms with Crippen LogP contribution in [0, 0.1) is 13.8 Å². The number of rotatable bonds is 5. The number of nitrogens with one attached hydrogen (secondary N) is 1. The average Bonchev–Trinajstić information content (AvgIpc) is 3.26. The summed E-state index contributed by atoms with van der Waals surface area (Å²) in [6, 6.07) is 13.1. The molecule has 26 heavy (non-hydrogen) atoms. The molecule has 5 nitrogen and oxygen atoms in total. The van der Waals surface area contributed by atoms with Crippen molar-refractivity contribution in [1.29, 1.82) is 0 Å². The number of hydrogen-bond donors (Lipinski definition) is 1. The highest BCUT2D eigenvalue weighted by Crippen LogP contribution is 2.28. The summed E-state index contributed by atoms with van der Waals surface area (Å²) in [6.07, 6.45) is 1.45. The lowest BCUT2D eigenvalue weighted by molar-refractivity contribution is 0.0789. The van der Waals surface area contributed by atoms with Gasteiger partial charge in [-0.05, 0) is 48.7 Å².